The van der Waals surface area contributed by atoms with Crippen molar-refractivity contribution in [2.24, 2.45) is 5.92 Å². The molecule has 2 aromatic heterocycles. The maximum Gasteiger partial charge on any atom is 0.307 e. The molecule has 130 valence electrons. The molecule has 0 saturated carbocycles. The SMILES string of the molecule is CC(CN(C)Cc1cn(-c2ccccc2)nc1-c1cccs1)C(=O)O. The third kappa shape index (κ3) is 4.15. The van der Waals surface area contributed by atoms with Gasteiger partial charge in [0.2, 0.25) is 0 Å². The maximum absolute atomic E-state index is 11.1. The van der Waals surface area contributed by atoms with Gasteiger partial charge in [-0.1, -0.05) is 31.2 Å². The van der Waals surface area contributed by atoms with Crippen LogP contribution in [-0.4, -0.2) is 39.3 Å². The van der Waals surface area contributed by atoms with Crippen LogP contribution in [0.4, 0.5) is 0 Å². The Morgan fingerprint density at radius 3 is 2.68 bits per heavy atom. The Bertz CT molecular complexity index is 828. The lowest BCUT2D eigenvalue weighted by atomic mass is 10.1. The number of carboxylic acid groups (broad SMARTS) is 1. The van der Waals surface area contributed by atoms with Gasteiger partial charge in [0.1, 0.15) is 5.69 Å². The summed E-state index contributed by atoms with van der Waals surface area (Å²) in [4.78, 5) is 14.2. The van der Waals surface area contributed by atoms with Crippen LogP contribution >= 0.6 is 11.3 Å². The fourth-order valence-electron chi connectivity index (χ4n) is 2.76. The molecule has 0 saturated heterocycles. The smallest absolute Gasteiger partial charge is 0.307 e. The van der Waals surface area contributed by atoms with Gasteiger partial charge in [-0.2, -0.15) is 5.10 Å². The molecule has 1 unspecified atom stereocenters. The third-order valence-corrected chi connectivity index (χ3v) is 4.89. The minimum absolute atomic E-state index is 0.403. The lowest BCUT2D eigenvalue weighted by molar-refractivity contribution is -0.141. The van der Waals surface area contributed by atoms with Crippen LogP contribution in [0.15, 0.2) is 54.0 Å². The first-order chi connectivity index (χ1) is 12.0. The second kappa shape index (κ2) is 7.63. The zero-order valence-corrected chi connectivity index (χ0v) is 15.1. The molecule has 6 heteroatoms. The molecule has 25 heavy (non-hydrogen) atoms. The molecule has 5 nitrogen and oxygen atoms in total. The Hall–Kier alpha value is -2.44. The van der Waals surface area contributed by atoms with Gasteiger partial charge in [-0.05, 0) is 30.6 Å². The highest BCUT2D eigenvalue weighted by atomic mass is 32.1. The number of hydrogen-bond acceptors (Lipinski definition) is 4. The largest absolute Gasteiger partial charge is 0.481 e. The molecule has 1 aromatic carbocycles. The summed E-state index contributed by atoms with van der Waals surface area (Å²) in [5.41, 5.74) is 3.05. The van der Waals surface area contributed by atoms with E-state index in [1.165, 1.54) is 0 Å². The van der Waals surface area contributed by atoms with Crippen LogP contribution in [0.5, 0.6) is 0 Å². The van der Waals surface area contributed by atoms with Crippen LogP contribution < -0.4 is 0 Å². The monoisotopic (exact) mass is 355 g/mol. The first kappa shape index (κ1) is 17.4. The van der Waals surface area contributed by atoms with E-state index in [1.807, 2.05) is 64.6 Å². The van der Waals surface area contributed by atoms with Gasteiger partial charge < -0.3 is 10.0 Å². The number of carboxylic acids is 1. The molecule has 3 aromatic rings. The molecule has 0 fully saturated rings. The third-order valence-electron chi connectivity index (χ3n) is 4.01. The van der Waals surface area contributed by atoms with E-state index >= 15 is 0 Å². The van der Waals surface area contributed by atoms with Crippen LogP contribution in [0.3, 0.4) is 0 Å². The molecule has 0 bridgehead atoms. The van der Waals surface area contributed by atoms with E-state index in [4.69, 9.17) is 10.2 Å². The zero-order valence-electron chi connectivity index (χ0n) is 14.3. The Balaban J connectivity index is 1.89. The molecule has 3 rings (SSSR count). The normalized spacial score (nSPS) is 12.4. The van der Waals surface area contributed by atoms with Gasteiger partial charge in [0, 0.05) is 24.8 Å². The van der Waals surface area contributed by atoms with Crippen molar-refractivity contribution in [2.75, 3.05) is 13.6 Å². The second-order valence-corrected chi connectivity index (χ2v) is 7.14. The Kier molecular flexibility index (Phi) is 5.31. The summed E-state index contributed by atoms with van der Waals surface area (Å²) in [7, 11) is 1.94. The zero-order chi connectivity index (χ0) is 17.8. The van der Waals surface area contributed by atoms with Crippen molar-refractivity contribution in [1.29, 1.82) is 0 Å². The highest BCUT2D eigenvalue weighted by Crippen LogP contribution is 2.28. The van der Waals surface area contributed by atoms with Crippen molar-refractivity contribution >= 4 is 17.3 Å². The van der Waals surface area contributed by atoms with Gasteiger partial charge in [-0.3, -0.25) is 4.79 Å². The number of para-hydroxylation sites is 1. The summed E-state index contributed by atoms with van der Waals surface area (Å²) >= 11 is 1.66. The highest BCUT2D eigenvalue weighted by molar-refractivity contribution is 7.13. The summed E-state index contributed by atoms with van der Waals surface area (Å²) in [6.45, 7) is 2.87. The number of nitrogens with zero attached hydrogens (tertiary/aromatic N) is 3. The van der Waals surface area contributed by atoms with Crippen LogP contribution in [-0.2, 0) is 11.3 Å². The molecule has 0 aliphatic carbocycles. The van der Waals surface area contributed by atoms with E-state index in [0.717, 1.165) is 21.8 Å². The summed E-state index contributed by atoms with van der Waals surface area (Å²) in [6, 6.07) is 14.1. The van der Waals surface area contributed by atoms with Gasteiger partial charge in [-0.15, -0.1) is 11.3 Å². The number of hydrogen-bond donors (Lipinski definition) is 1. The first-order valence-corrected chi connectivity index (χ1v) is 9.01. The number of carbonyl (C=O) groups is 1. The molecule has 2 heterocycles. The Labute approximate surface area is 151 Å². The first-order valence-electron chi connectivity index (χ1n) is 8.14. The van der Waals surface area contributed by atoms with Crippen LogP contribution in [0.2, 0.25) is 0 Å². The van der Waals surface area contributed by atoms with E-state index in [0.29, 0.717) is 13.1 Å². The van der Waals surface area contributed by atoms with Crippen molar-refractivity contribution in [2.45, 2.75) is 13.5 Å². The van der Waals surface area contributed by atoms with Gasteiger partial charge in [-0.25, -0.2) is 4.68 Å². The topological polar surface area (TPSA) is 58.4 Å². The van der Waals surface area contributed by atoms with Crippen LogP contribution in [0, 0.1) is 5.92 Å². The maximum atomic E-state index is 11.1. The van der Waals surface area contributed by atoms with Gasteiger partial charge in [0.15, 0.2) is 0 Å². The molecule has 1 atom stereocenters. The van der Waals surface area contributed by atoms with Gasteiger partial charge in [0.05, 0.1) is 16.5 Å². The quantitative estimate of drug-likeness (QED) is 0.701. The van der Waals surface area contributed by atoms with E-state index in [2.05, 4.69) is 6.07 Å². The van der Waals surface area contributed by atoms with Gasteiger partial charge >= 0.3 is 5.97 Å². The number of benzene rings is 1. The second-order valence-electron chi connectivity index (χ2n) is 6.20. The highest BCUT2D eigenvalue weighted by Gasteiger charge is 2.18. The minimum Gasteiger partial charge on any atom is -0.481 e. The van der Waals surface area contributed by atoms with E-state index in [1.54, 1.807) is 18.3 Å². The van der Waals surface area contributed by atoms with Crippen molar-refractivity contribution in [3.05, 3.63) is 59.6 Å². The van der Waals surface area contributed by atoms with Crippen LogP contribution in [0.1, 0.15) is 12.5 Å². The molecular formula is C19H21N3O2S. The van der Waals surface area contributed by atoms with Crippen LogP contribution in [0.25, 0.3) is 16.3 Å². The summed E-state index contributed by atoms with van der Waals surface area (Å²) < 4.78 is 1.89. The van der Waals surface area contributed by atoms with Crippen molar-refractivity contribution in [3.63, 3.8) is 0 Å². The number of aliphatic carboxylic acids is 1. The number of thiophene rings is 1. The van der Waals surface area contributed by atoms with E-state index in [9.17, 15) is 4.79 Å². The van der Waals surface area contributed by atoms with Gasteiger partial charge in [0.25, 0.3) is 0 Å². The molecule has 0 radical (unpaired) electrons. The average Bonchev–Trinajstić information content (AvgIpc) is 3.24. The molecular weight excluding hydrogens is 334 g/mol. The Morgan fingerprint density at radius 2 is 2.04 bits per heavy atom. The fourth-order valence-corrected chi connectivity index (χ4v) is 3.50. The van der Waals surface area contributed by atoms with E-state index < -0.39 is 11.9 Å². The molecule has 0 aliphatic rings. The van der Waals surface area contributed by atoms with Crippen molar-refractivity contribution in [3.8, 4) is 16.3 Å². The molecule has 0 amide bonds. The molecule has 1 N–H and O–H groups in total. The predicted molar refractivity (Wildman–Crippen MR) is 100 cm³/mol. The molecule has 0 aliphatic heterocycles. The lowest BCUT2D eigenvalue weighted by Crippen LogP contribution is -2.28. The fraction of sp³-hybridized carbons (Fsp3) is 0.263. The summed E-state index contributed by atoms with van der Waals surface area (Å²) in [5, 5.41) is 15.9. The van der Waals surface area contributed by atoms with Crippen molar-refractivity contribution in [1.82, 2.24) is 14.7 Å². The Morgan fingerprint density at radius 1 is 1.28 bits per heavy atom. The summed E-state index contributed by atoms with van der Waals surface area (Å²) in [5.74, 6) is -1.18. The van der Waals surface area contributed by atoms with Crippen molar-refractivity contribution < 1.29 is 9.90 Å². The number of rotatable bonds is 7. The predicted octanol–water partition coefficient (Wildman–Crippen LogP) is 3.75. The summed E-state index contributed by atoms with van der Waals surface area (Å²) in [6.07, 6.45) is 2.03. The average molecular weight is 355 g/mol. The lowest BCUT2D eigenvalue weighted by Gasteiger charge is -2.18. The number of aromatic nitrogens is 2. The standard InChI is InChI=1S/C19H21N3O2S/c1-14(19(23)24)11-21(2)12-15-13-22(16-7-4-3-5-8-16)20-18(15)17-9-6-10-25-17/h3-10,13-14H,11-12H2,1-2H3,(H,23,24). The molecule has 0 spiro atoms. The minimum atomic E-state index is -0.773. The van der Waals surface area contributed by atoms with E-state index in [-0.39, 0.29) is 0 Å².